The van der Waals surface area contributed by atoms with E-state index in [4.69, 9.17) is 0 Å². The van der Waals surface area contributed by atoms with Gasteiger partial charge in [0.25, 0.3) is 0 Å². The number of ketones is 2. The lowest BCUT2D eigenvalue weighted by molar-refractivity contribution is -0.138. The fourth-order valence-corrected chi connectivity index (χ4v) is 3.40. The maximum atomic E-state index is 12.1. The largest absolute Gasteiger partial charge is 0.300 e. The van der Waals surface area contributed by atoms with Crippen LogP contribution in [0.15, 0.2) is 0 Å². The highest BCUT2D eigenvalue weighted by Gasteiger charge is 2.38. The van der Waals surface area contributed by atoms with Gasteiger partial charge >= 0.3 is 0 Å². The standard InChI is InChI=1S/C15H23NO4S/c1-11(17)6-4-3-5-8-16-14(19)10-13(15(16)20)21-9-7-12(2)18/h13H,3-10H2,1-2H3. The summed E-state index contributed by atoms with van der Waals surface area (Å²) in [6, 6.07) is 0. The summed E-state index contributed by atoms with van der Waals surface area (Å²) in [4.78, 5) is 47.0. The zero-order valence-corrected chi connectivity index (χ0v) is 13.5. The van der Waals surface area contributed by atoms with Crippen LogP contribution in [0.2, 0.25) is 0 Å². The molecule has 5 nitrogen and oxygen atoms in total. The van der Waals surface area contributed by atoms with Gasteiger partial charge in [0.1, 0.15) is 11.6 Å². The van der Waals surface area contributed by atoms with Crippen molar-refractivity contribution in [2.24, 2.45) is 0 Å². The molecule has 1 atom stereocenters. The number of likely N-dealkylation sites (tertiary alicyclic amines) is 1. The molecule has 0 spiro atoms. The normalized spacial score (nSPS) is 18.4. The maximum Gasteiger partial charge on any atom is 0.242 e. The van der Waals surface area contributed by atoms with E-state index in [-0.39, 0.29) is 35.1 Å². The fraction of sp³-hybridized carbons (Fsp3) is 0.733. The molecule has 2 amide bonds. The number of hydrogen-bond donors (Lipinski definition) is 0. The van der Waals surface area contributed by atoms with E-state index in [2.05, 4.69) is 0 Å². The molecule has 0 aliphatic carbocycles. The highest BCUT2D eigenvalue weighted by atomic mass is 32.2. The molecule has 118 valence electrons. The first-order valence-corrected chi connectivity index (χ1v) is 8.41. The zero-order valence-electron chi connectivity index (χ0n) is 12.7. The van der Waals surface area contributed by atoms with E-state index in [9.17, 15) is 19.2 Å². The van der Waals surface area contributed by atoms with E-state index in [0.717, 1.165) is 19.3 Å². The third kappa shape index (κ3) is 6.42. The van der Waals surface area contributed by atoms with Gasteiger partial charge in [-0.05, 0) is 26.7 Å². The third-order valence-electron chi connectivity index (χ3n) is 3.39. The number of hydrogen-bond acceptors (Lipinski definition) is 5. The van der Waals surface area contributed by atoms with Gasteiger partial charge in [-0.15, -0.1) is 11.8 Å². The number of thioether (sulfide) groups is 1. The van der Waals surface area contributed by atoms with Gasteiger partial charge in [0.05, 0.1) is 5.25 Å². The number of nitrogens with zero attached hydrogens (tertiary/aromatic N) is 1. The van der Waals surface area contributed by atoms with Crippen LogP contribution in [0.3, 0.4) is 0 Å². The Bertz CT molecular complexity index is 422. The molecule has 0 radical (unpaired) electrons. The Morgan fingerprint density at radius 1 is 1.10 bits per heavy atom. The van der Waals surface area contributed by atoms with E-state index in [1.54, 1.807) is 6.92 Å². The molecule has 0 N–H and O–H groups in total. The summed E-state index contributed by atoms with van der Waals surface area (Å²) in [6.07, 6.45) is 3.64. The van der Waals surface area contributed by atoms with Gasteiger partial charge in [-0.25, -0.2) is 0 Å². The lowest BCUT2D eigenvalue weighted by Crippen LogP contribution is -2.32. The van der Waals surface area contributed by atoms with Crippen molar-refractivity contribution in [3.8, 4) is 0 Å². The average Bonchev–Trinajstić information content (AvgIpc) is 2.65. The minimum Gasteiger partial charge on any atom is -0.300 e. The van der Waals surface area contributed by atoms with Crippen LogP contribution < -0.4 is 0 Å². The molecule has 6 heteroatoms. The molecule has 1 rings (SSSR count). The van der Waals surface area contributed by atoms with E-state index < -0.39 is 0 Å². The Kier molecular flexibility index (Phi) is 7.64. The van der Waals surface area contributed by atoms with Crippen LogP contribution >= 0.6 is 11.8 Å². The van der Waals surface area contributed by atoms with Crippen LogP contribution in [0, 0.1) is 0 Å². The minimum absolute atomic E-state index is 0.0987. The number of unbranched alkanes of at least 4 members (excludes halogenated alkanes) is 2. The molecule has 0 aromatic heterocycles. The SMILES string of the molecule is CC(=O)CCCCCN1C(=O)CC(SCCC(C)=O)C1=O. The van der Waals surface area contributed by atoms with Gasteiger partial charge in [0.15, 0.2) is 0 Å². The van der Waals surface area contributed by atoms with Gasteiger partial charge in [0.2, 0.25) is 11.8 Å². The maximum absolute atomic E-state index is 12.1. The number of imide groups is 1. The minimum atomic E-state index is -0.325. The van der Waals surface area contributed by atoms with Crippen molar-refractivity contribution in [2.75, 3.05) is 12.3 Å². The lowest BCUT2D eigenvalue weighted by Gasteiger charge is -2.14. The van der Waals surface area contributed by atoms with Crippen molar-refractivity contribution < 1.29 is 19.2 Å². The fourth-order valence-electron chi connectivity index (χ4n) is 2.18. The first-order chi connectivity index (χ1) is 9.91. The molecule has 0 aromatic carbocycles. The second kappa shape index (κ2) is 8.97. The van der Waals surface area contributed by atoms with E-state index in [1.807, 2.05) is 0 Å². The Balaban J connectivity index is 2.28. The van der Waals surface area contributed by atoms with Gasteiger partial charge in [0, 0.05) is 31.6 Å². The highest BCUT2D eigenvalue weighted by Crippen LogP contribution is 2.26. The molecule has 1 heterocycles. The molecule has 1 saturated heterocycles. The molecule has 1 aliphatic heterocycles. The third-order valence-corrected chi connectivity index (χ3v) is 4.60. The van der Waals surface area contributed by atoms with E-state index in [0.29, 0.717) is 25.1 Å². The Morgan fingerprint density at radius 3 is 2.38 bits per heavy atom. The van der Waals surface area contributed by atoms with Crippen molar-refractivity contribution in [3.05, 3.63) is 0 Å². The van der Waals surface area contributed by atoms with Crippen LogP contribution in [0.5, 0.6) is 0 Å². The van der Waals surface area contributed by atoms with Crippen molar-refractivity contribution in [1.29, 1.82) is 0 Å². The highest BCUT2D eigenvalue weighted by molar-refractivity contribution is 8.00. The van der Waals surface area contributed by atoms with Crippen molar-refractivity contribution in [2.45, 2.75) is 57.6 Å². The monoisotopic (exact) mass is 313 g/mol. The number of rotatable bonds is 10. The molecular weight excluding hydrogens is 290 g/mol. The van der Waals surface area contributed by atoms with E-state index in [1.165, 1.54) is 23.6 Å². The quantitative estimate of drug-likeness (QED) is 0.455. The number of amides is 2. The predicted molar refractivity (Wildman–Crippen MR) is 82.0 cm³/mol. The average molecular weight is 313 g/mol. The van der Waals surface area contributed by atoms with Crippen molar-refractivity contribution in [1.82, 2.24) is 4.90 Å². The smallest absolute Gasteiger partial charge is 0.242 e. The number of carbonyl (C=O) groups is 4. The summed E-state index contributed by atoms with van der Waals surface area (Å²) in [7, 11) is 0. The lowest BCUT2D eigenvalue weighted by atomic mass is 10.1. The van der Waals surface area contributed by atoms with Crippen molar-refractivity contribution >= 4 is 35.1 Å². The van der Waals surface area contributed by atoms with Gasteiger partial charge in [-0.1, -0.05) is 6.42 Å². The first kappa shape index (κ1) is 17.9. The molecule has 21 heavy (non-hydrogen) atoms. The molecule has 0 aromatic rings. The number of carbonyl (C=O) groups excluding carboxylic acids is 4. The van der Waals surface area contributed by atoms with Gasteiger partial charge in [-0.2, -0.15) is 0 Å². The molecule has 1 unspecified atom stereocenters. The molecule has 0 bridgehead atoms. The number of Topliss-reactive ketones (excluding diaryl/α,β-unsaturated/α-hetero) is 2. The Labute approximate surface area is 129 Å². The second-order valence-corrected chi connectivity index (χ2v) is 6.72. The summed E-state index contributed by atoms with van der Waals surface area (Å²) in [5, 5.41) is -0.325. The molecular formula is C15H23NO4S. The summed E-state index contributed by atoms with van der Waals surface area (Å²) in [5.74, 6) is 0.615. The van der Waals surface area contributed by atoms with Crippen LogP contribution in [0.25, 0.3) is 0 Å². The Hall–Kier alpha value is -1.17. The summed E-state index contributed by atoms with van der Waals surface area (Å²) in [5.41, 5.74) is 0. The predicted octanol–water partition coefficient (Wildman–Crippen LogP) is 1.98. The topological polar surface area (TPSA) is 71.5 Å². The second-order valence-electron chi connectivity index (χ2n) is 5.41. The Morgan fingerprint density at radius 2 is 1.76 bits per heavy atom. The van der Waals surface area contributed by atoms with Crippen LogP contribution in [0.4, 0.5) is 0 Å². The summed E-state index contributed by atoms with van der Waals surface area (Å²) >= 11 is 1.40. The van der Waals surface area contributed by atoms with Crippen LogP contribution in [-0.4, -0.2) is 45.8 Å². The summed E-state index contributed by atoms with van der Waals surface area (Å²) in [6.45, 7) is 3.53. The van der Waals surface area contributed by atoms with Gasteiger partial charge in [-0.3, -0.25) is 19.3 Å². The van der Waals surface area contributed by atoms with Crippen molar-refractivity contribution in [3.63, 3.8) is 0 Å². The van der Waals surface area contributed by atoms with Gasteiger partial charge < -0.3 is 4.79 Å². The molecule has 0 saturated carbocycles. The first-order valence-electron chi connectivity index (χ1n) is 7.36. The van der Waals surface area contributed by atoms with E-state index >= 15 is 0 Å². The summed E-state index contributed by atoms with van der Waals surface area (Å²) < 4.78 is 0. The zero-order chi connectivity index (χ0) is 15.8. The van der Waals surface area contributed by atoms with Crippen LogP contribution in [0.1, 0.15) is 52.4 Å². The molecule has 1 fully saturated rings. The van der Waals surface area contributed by atoms with Crippen LogP contribution in [-0.2, 0) is 19.2 Å². The molecule has 1 aliphatic rings.